The van der Waals surface area contributed by atoms with Crippen LogP contribution in [0.4, 0.5) is 24.5 Å². The third kappa shape index (κ3) is 4.62. The van der Waals surface area contributed by atoms with Gasteiger partial charge < -0.3 is 10.2 Å². The molecule has 3 aromatic rings. The molecule has 1 aliphatic rings. The van der Waals surface area contributed by atoms with Gasteiger partial charge in [0.2, 0.25) is 0 Å². The monoisotopic (exact) mass is 449 g/mol. The average molecular weight is 449 g/mol. The molecule has 0 aliphatic carbocycles. The van der Waals surface area contributed by atoms with E-state index in [0.717, 1.165) is 55.8 Å². The lowest BCUT2D eigenvalue weighted by molar-refractivity contribution is -0.137. The Bertz CT molecular complexity index is 1190. The van der Waals surface area contributed by atoms with Crippen molar-refractivity contribution >= 4 is 32.2 Å². The largest absolute Gasteiger partial charge is 0.416 e. The highest BCUT2D eigenvalue weighted by Gasteiger charge is 2.31. The van der Waals surface area contributed by atoms with Crippen molar-refractivity contribution in [3.63, 3.8) is 0 Å². The zero-order chi connectivity index (χ0) is 22.1. The third-order valence-electron chi connectivity index (χ3n) is 5.27. The molecule has 0 bridgehead atoms. The van der Waals surface area contributed by atoms with Crippen LogP contribution in [0.2, 0.25) is 0 Å². The normalized spacial score (nSPS) is 15.6. The number of rotatable bonds is 4. The molecule has 1 saturated heterocycles. The van der Waals surface area contributed by atoms with Crippen LogP contribution in [0, 0.1) is 0 Å². The zero-order valence-corrected chi connectivity index (χ0v) is 17.4. The predicted octanol–water partition coefficient (Wildman–Crippen LogP) is 4.46. The highest BCUT2D eigenvalue weighted by molar-refractivity contribution is 7.93. The van der Waals surface area contributed by atoms with Gasteiger partial charge in [0.25, 0.3) is 10.0 Å². The molecule has 0 unspecified atom stereocenters. The molecule has 0 spiro atoms. The SMILES string of the molecule is O=S(=O)(Nc1cccc(C(F)(F)F)c1)c1ccc(N2CCCNCC2)c2ccccc12. The maximum Gasteiger partial charge on any atom is 0.416 e. The second kappa shape index (κ2) is 8.39. The van der Waals surface area contributed by atoms with Crippen LogP contribution in [0.5, 0.6) is 0 Å². The molecule has 5 nitrogen and oxygen atoms in total. The molecule has 0 radical (unpaired) electrons. The maximum atomic E-state index is 13.1. The van der Waals surface area contributed by atoms with Gasteiger partial charge in [-0.15, -0.1) is 0 Å². The first-order valence-corrected chi connectivity index (χ1v) is 11.4. The summed E-state index contributed by atoms with van der Waals surface area (Å²) in [5.41, 5.74) is -0.110. The van der Waals surface area contributed by atoms with Crippen LogP contribution in [0.1, 0.15) is 12.0 Å². The fourth-order valence-electron chi connectivity index (χ4n) is 3.82. The fourth-order valence-corrected chi connectivity index (χ4v) is 5.08. The summed E-state index contributed by atoms with van der Waals surface area (Å²) in [6.45, 7) is 3.43. The Labute approximate surface area is 178 Å². The Kier molecular flexibility index (Phi) is 5.81. The minimum absolute atomic E-state index is 0.0252. The van der Waals surface area contributed by atoms with Crippen molar-refractivity contribution in [3.8, 4) is 0 Å². The van der Waals surface area contributed by atoms with E-state index in [1.165, 1.54) is 18.2 Å². The van der Waals surface area contributed by atoms with Crippen molar-refractivity contribution in [1.29, 1.82) is 0 Å². The molecule has 0 amide bonds. The van der Waals surface area contributed by atoms with Crippen molar-refractivity contribution in [1.82, 2.24) is 5.32 Å². The first-order valence-electron chi connectivity index (χ1n) is 9.93. The molecule has 0 saturated carbocycles. The Morgan fingerprint density at radius 3 is 2.45 bits per heavy atom. The van der Waals surface area contributed by atoms with Crippen LogP contribution in [-0.2, 0) is 16.2 Å². The van der Waals surface area contributed by atoms with Gasteiger partial charge in [-0.2, -0.15) is 13.2 Å². The number of sulfonamides is 1. The van der Waals surface area contributed by atoms with E-state index in [1.54, 1.807) is 18.2 Å². The second-order valence-electron chi connectivity index (χ2n) is 7.40. The van der Waals surface area contributed by atoms with Crippen LogP contribution < -0.4 is 14.9 Å². The molecule has 9 heteroatoms. The highest BCUT2D eigenvalue weighted by Crippen LogP contribution is 2.34. The number of alkyl halides is 3. The lowest BCUT2D eigenvalue weighted by Crippen LogP contribution is -2.28. The van der Waals surface area contributed by atoms with Gasteiger partial charge in [0, 0.05) is 41.8 Å². The van der Waals surface area contributed by atoms with Gasteiger partial charge in [-0.05, 0) is 43.3 Å². The molecule has 0 atom stereocenters. The van der Waals surface area contributed by atoms with E-state index < -0.39 is 21.8 Å². The van der Waals surface area contributed by atoms with E-state index in [9.17, 15) is 21.6 Å². The van der Waals surface area contributed by atoms with Gasteiger partial charge in [-0.1, -0.05) is 30.3 Å². The van der Waals surface area contributed by atoms with Crippen molar-refractivity contribution in [2.24, 2.45) is 0 Å². The van der Waals surface area contributed by atoms with E-state index >= 15 is 0 Å². The molecule has 4 rings (SSSR count). The Morgan fingerprint density at radius 2 is 1.68 bits per heavy atom. The summed E-state index contributed by atoms with van der Waals surface area (Å²) in [6, 6.07) is 14.6. The third-order valence-corrected chi connectivity index (χ3v) is 6.71. The van der Waals surface area contributed by atoms with Crippen LogP contribution in [-0.4, -0.2) is 34.6 Å². The van der Waals surface area contributed by atoms with E-state index in [4.69, 9.17) is 0 Å². The summed E-state index contributed by atoms with van der Waals surface area (Å²) in [5, 5.41) is 4.66. The van der Waals surface area contributed by atoms with Crippen LogP contribution in [0.15, 0.2) is 65.6 Å². The van der Waals surface area contributed by atoms with Crippen LogP contribution in [0.3, 0.4) is 0 Å². The van der Waals surface area contributed by atoms with E-state index in [1.807, 2.05) is 12.1 Å². The molecule has 31 heavy (non-hydrogen) atoms. The molecular weight excluding hydrogens is 427 g/mol. The summed E-state index contributed by atoms with van der Waals surface area (Å²) < 4.78 is 67.5. The van der Waals surface area contributed by atoms with Gasteiger partial charge in [0.15, 0.2) is 0 Å². The average Bonchev–Trinajstić information content (AvgIpc) is 3.01. The fraction of sp³-hybridized carbons (Fsp3) is 0.273. The molecule has 1 fully saturated rings. The second-order valence-corrected chi connectivity index (χ2v) is 9.05. The summed E-state index contributed by atoms with van der Waals surface area (Å²) in [6.07, 6.45) is -3.58. The van der Waals surface area contributed by atoms with E-state index in [-0.39, 0.29) is 10.6 Å². The summed E-state index contributed by atoms with van der Waals surface area (Å²) in [4.78, 5) is 2.25. The molecule has 3 aromatic carbocycles. The number of fused-ring (bicyclic) bond motifs is 1. The number of hydrogen-bond donors (Lipinski definition) is 2. The Hall–Kier alpha value is -2.78. The predicted molar refractivity (Wildman–Crippen MR) is 116 cm³/mol. The number of nitrogens with one attached hydrogen (secondary N) is 2. The summed E-state index contributed by atoms with van der Waals surface area (Å²) in [7, 11) is -4.11. The standard InChI is InChI=1S/C22H22F3N3O2S/c23-22(24,25)16-5-3-6-17(15-16)27-31(29,30)21-10-9-20(18-7-1-2-8-19(18)21)28-13-4-11-26-12-14-28/h1-3,5-10,15,26-27H,4,11-14H2. The molecule has 0 aromatic heterocycles. The van der Waals surface area contributed by atoms with Gasteiger partial charge in [-0.3, -0.25) is 4.72 Å². The number of benzene rings is 3. The van der Waals surface area contributed by atoms with Gasteiger partial charge in [-0.25, -0.2) is 8.42 Å². The highest BCUT2D eigenvalue weighted by atomic mass is 32.2. The lowest BCUT2D eigenvalue weighted by atomic mass is 10.1. The molecular formula is C22H22F3N3O2S. The van der Waals surface area contributed by atoms with Crippen molar-refractivity contribution in [2.45, 2.75) is 17.5 Å². The number of halogens is 3. The molecule has 1 aliphatic heterocycles. The van der Waals surface area contributed by atoms with E-state index in [0.29, 0.717) is 5.39 Å². The first kappa shape index (κ1) is 21.5. The van der Waals surface area contributed by atoms with Crippen molar-refractivity contribution in [2.75, 3.05) is 35.8 Å². The zero-order valence-electron chi connectivity index (χ0n) is 16.6. The minimum Gasteiger partial charge on any atom is -0.370 e. The van der Waals surface area contributed by atoms with Gasteiger partial charge in [0.05, 0.1) is 10.5 Å². The Morgan fingerprint density at radius 1 is 0.903 bits per heavy atom. The number of nitrogens with zero attached hydrogens (tertiary/aromatic N) is 1. The van der Waals surface area contributed by atoms with Crippen LogP contribution >= 0.6 is 0 Å². The quantitative estimate of drug-likeness (QED) is 0.618. The Balaban J connectivity index is 1.73. The summed E-state index contributed by atoms with van der Waals surface area (Å²) in [5.74, 6) is 0. The van der Waals surface area contributed by atoms with Gasteiger partial charge >= 0.3 is 6.18 Å². The number of anilines is 2. The van der Waals surface area contributed by atoms with Gasteiger partial charge in [0.1, 0.15) is 0 Å². The maximum absolute atomic E-state index is 13.1. The number of hydrogen-bond acceptors (Lipinski definition) is 4. The van der Waals surface area contributed by atoms with Crippen LogP contribution in [0.25, 0.3) is 10.8 Å². The first-order chi connectivity index (χ1) is 14.8. The molecule has 2 N–H and O–H groups in total. The van der Waals surface area contributed by atoms with E-state index in [2.05, 4.69) is 14.9 Å². The summed E-state index contributed by atoms with van der Waals surface area (Å²) >= 11 is 0. The molecule has 164 valence electrons. The minimum atomic E-state index is -4.56. The lowest BCUT2D eigenvalue weighted by Gasteiger charge is -2.25. The smallest absolute Gasteiger partial charge is 0.370 e. The van der Waals surface area contributed by atoms with Crippen molar-refractivity contribution < 1.29 is 21.6 Å². The topological polar surface area (TPSA) is 61.4 Å². The van der Waals surface area contributed by atoms with Crippen molar-refractivity contribution in [3.05, 3.63) is 66.2 Å². The molecule has 1 heterocycles.